The summed E-state index contributed by atoms with van der Waals surface area (Å²) in [5.41, 5.74) is 11.4. The second-order valence-electron chi connectivity index (χ2n) is 10.7. The lowest BCUT2D eigenvalue weighted by molar-refractivity contribution is 0.211. The molecule has 0 radical (unpaired) electrons. The van der Waals surface area contributed by atoms with Crippen molar-refractivity contribution >= 4 is 22.8 Å². The van der Waals surface area contributed by atoms with Crippen molar-refractivity contribution in [1.82, 2.24) is 49.4 Å². The molecule has 6 aromatic rings. The first-order valence-corrected chi connectivity index (χ1v) is 14.3. The first-order valence-electron chi connectivity index (χ1n) is 14.3. The predicted octanol–water partition coefficient (Wildman–Crippen LogP) is 3.69. The number of likely N-dealkylation sites (tertiary alicyclic amines) is 1. The fourth-order valence-electron chi connectivity index (χ4n) is 5.49. The molecule has 13 heteroatoms. The highest BCUT2D eigenvalue weighted by Gasteiger charge is 2.21. The molecule has 0 atom stereocenters. The first kappa shape index (κ1) is 27.1. The maximum atomic E-state index is 9.06. The number of nitrogens with two attached hydrogens (primary N) is 1. The molecular formula is C31H29N13. The highest BCUT2D eigenvalue weighted by Crippen LogP contribution is 2.31. The van der Waals surface area contributed by atoms with Gasteiger partial charge in [-0.3, -0.25) is 9.47 Å². The van der Waals surface area contributed by atoms with Crippen LogP contribution in [0.5, 0.6) is 0 Å². The van der Waals surface area contributed by atoms with Crippen LogP contribution >= 0.6 is 0 Å². The third-order valence-electron chi connectivity index (χ3n) is 7.68. The molecule has 5 aromatic heterocycles. The minimum absolute atomic E-state index is 0.178. The SMILES string of the molecule is Cc1cnn(-c2ccc3nc(-c4cccnc4N)n(-c4ccc(CN5CCC(Nc6ccnc(C#N)n6)CC5)cc4)c3n2)n1. The molecular weight excluding hydrogens is 554 g/mol. The van der Waals surface area contributed by atoms with Crippen LogP contribution in [0.3, 0.4) is 0 Å². The first-order chi connectivity index (χ1) is 21.5. The van der Waals surface area contributed by atoms with Gasteiger partial charge in [-0.05, 0) is 67.8 Å². The standard InChI is InChI=1S/C31H29N13/c1-20-18-36-44(41-20)28-9-8-25-31(40-28)43(30(38-25)24-3-2-13-35-29(24)33)23-6-4-21(5-7-23)19-42-15-11-22(12-16-42)37-26-10-14-34-27(17-32)39-26/h2-10,13-14,18,22H,11-12,15-16,19H2,1H3,(H2,33,35)(H,34,37,39). The minimum Gasteiger partial charge on any atom is -0.383 e. The molecule has 0 bridgehead atoms. The van der Waals surface area contributed by atoms with E-state index in [2.05, 4.69) is 59.6 Å². The van der Waals surface area contributed by atoms with Gasteiger partial charge in [0.15, 0.2) is 17.3 Å². The van der Waals surface area contributed by atoms with Crippen LogP contribution in [0, 0.1) is 18.3 Å². The molecule has 1 aliphatic rings. The van der Waals surface area contributed by atoms with E-state index in [0.29, 0.717) is 35.0 Å². The summed E-state index contributed by atoms with van der Waals surface area (Å²) in [6.45, 7) is 4.65. The molecule has 1 aliphatic heterocycles. The molecule has 1 aromatic carbocycles. The number of rotatable bonds is 7. The van der Waals surface area contributed by atoms with Gasteiger partial charge in [-0.25, -0.2) is 24.9 Å². The van der Waals surface area contributed by atoms with E-state index in [0.717, 1.165) is 54.9 Å². The maximum absolute atomic E-state index is 9.06. The van der Waals surface area contributed by atoms with Gasteiger partial charge in [0.25, 0.3) is 0 Å². The third kappa shape index (κ3) is 5.41. The van der Waals surface area contributed by atoms with Crippen LogP contribution in [-0.4, -0.2) is 68.5 Å². The lowest BCUT2D eigenvalue weighted by Gasteiger charge is -2.32. The highest BCUT2D eigenvalue weighted by molar-refractivity contribution is 5.83. The molecule has 44 heavy (non-hydrogen) atoms. The van der Waals surface area contributed by atoms with Crippen molar-refractivity contribution in [3.8, 4) is 29.0 Å². The lowest BCUT2D eigenvalue weighted by atomic mass is 10.0. The van der Waals surface area contributed by atoms with Gasteiger partial charge in [0.05, 0.1) is 17.5 Å². The average Bonchev–Trinajstić information content (AvgIpc) is 3.66. The molecule has 0 aliphatic carbocycles. The Morgan fingerprint density at radius 2 is 1.82 bits per heavy atom. The van der Waals surface area contributed by atoms with Crippen LogP contribution < -0.4 is 11.1 Å². The number of imidazole rings is 1. The molecule has 0 saturated carbocycles. The Bertz CT molecular complexity index is 1980. The van der Waals surface area contributed by atoms with Crippen LogP contribution in [0.15, 0.2) is 73.2 Å². The average molecular weight is 584 g/mol. The molecule has 0 spiro atoms. The van der Waals surface area contributed by atoms with Crippen molar-refractivity contribution in [3.05, 3.63) is 90.3 Å². The van der Waals surface area contributed by atoms with Crippen LogP contribution in [0.4, 0.5) is 11.6 Å². The lowest BCUT2D eigenvalue weighted by Crippen LogP contribution is -2.38. The molecule has 13 nitrogen and oxygen atoms in total. The van der Waals surface area contributed by atoms with E-state index in [4.69, 9.17) is 21.0 Å². The van der Waals surface area contributed by atoms with Gasteiger partial charge in [-0.15, -0.1) is 4.80 Å². The van der Waals surface area contributed by atoms with Crippen LogP contribution in [-0.2, 0) is 6.54 Å². The summed E-state index contributed by atoms with van der Waals surface area (Å²) in [5, 5.41) is 21.3. The summed E-state index contributed by atoms with van der Waals surface area (Å²) in [5.74, 6) is 2.53. The van der Waals surface area contributed by atoms with Crippen molar-refractivity contribution in [1.29, 1.82) is 5.26 Å². The van der Waals surface area contributed by atoms with E-state index < -0.39 is 0 Å². The summed E-state index contributed by atoms with van der Waals surface area (Å²) < 4.78 is 2.01. The number of anilines is 2. The van der Waals surface area contributed by atoms with Crippen molar-refractivity contribution in [2.45, 2.75) is 32.4 Å². The number of hydrogen-bond acceptors (Lipinski definition) is 11. The number of aromatic nitrogens is 9. The number of nitrogens with one attached hydrogen (secondary N) is 1. The number of benzene rings is 1. The largest absolute Gasteiger partial charge is 0.383 e. The van der Waals surface area contributed by atoms with E-state index in [1.54, 1.807) is 24.7 Å². The van der Waals surface area contributed by atoms with Gasteiger partial charge in [0.1, 0.15) is 23.2 Å². The number of fused-ring (bicyclic) bond motifs is 1. The van der Waals surface area contributed by atoms with Gasteiger partial charge >= 0.3 is 0 Å². The van der Waals surface area contributed by atoms with E-state index in [-0.39, 0.29) is 5.82 Å². The molecule has 1 fully saturated rings. The molecule has 218 valence electrons. The summed E-state index contributed by atoms with van der Waals surface area (Å²) in [6.07, 6.45) is 6.95. The van der Waals surface area contributed by atoms with Gasteiger partial charge in [0, 0.05) is 43.8 Å². The Labute approximate surface area is 253 Å². The van der Waals surface area contributed by atoms with Crippen LogP contribution in [0.2, 0.25) is 0 Å². The molecule has 0 unspecified atom stereocenters. The molecule has 6 heterocycles. The molecule has 0 amide bonds. The Kier molecular flexibility index (Phi) is 7.09. The molecule has 3 N–H and O–H groups in total. The number of hydrogen-bond donors (Lipinski definition) is 2. The van der Waals surface area contributed by atoms with Gasteiger partial charge in [0.2, 0.25) is 5.82 Å². The number of piperidine rings is 1. The zero-order valence-electron chi connectivity index (χ0n) is 24.0. The van der Waals surface area contributed by atoms with Crippen molar-refractivity contribution in [2.75, 3.05) is 24.1 Å². The van der Waals surface area contributed by atoms with Crippen LogP contribution in [0.25, 0.3) is 34.1 Å². The topological polar surface area (TPSA) is 165 Å². The molecule has 1 saturated heterocycles. The van der Waals surface area contributed by atoms with E-state index >= 15 is 0 Å². The summed E-state index contributed by atoms with van der Waals surface area (Å²) in [6, 6.07) is 20.1. The van der Waals surface area contributed by atoms with Gasteiger partial charge in [-0.1, -0.05) is 12.1 Å². The van der Waals surface area contributed by atoms with Crippen molar-refractivity contribution in [3.63, 3.8) is 0 Å². The second kappa shape index (κ2) is 11.5. The Morgan fingerprint density at radius 1 is 0.977 bits per heavy atom. The molecule has 7 rings (SSSR count). The van der Waals surface area contributed by atoms with E-state index in [1.165, 1.54) is 10.4 Å². The van der Waals surface area contributed by atoms with E-state index in [9.17, 15) is 0 Å². The number of nitrogens with zero attached hydrogens (tertiary/aromatic N) is 11. The smallest absolute Gasteiger partial charge is 0.234 e. The van der Waals surface area contributed by atoms with Gasteiger partial charge < -0.3 is 11.1 Å². The van der Waals surface area contributed by atoms with Crippen LogP contribution in [0.1, 0.15) is 29.9 Å². The van der Waals surface area contributed by atoms with Crippen molar-refractivity contribution < 1.29 is 0 Å². The number of nitrogen functional groups attached to an aromatic ring is 1. The fraction of sp³-hybridized carbons (Fsp3) is 0.226. The predicted molar refractivity (Wildman–Crippen MR) is 165 cm³/mol. The highest BCUT2D eigenvalue weighted by atomic mass is 15.5. The Balaban J connectivity index is 1.13. The minimum atomic E-state index is 0.178. The Morgan fingerprint density at radius 3 is 2.57 bits per heavy atom. The summed E-state index contributed by atoms with van der Waals surface area (Å²) in [4.78, 5) is 26.3. The fourth-order valence-corrected chi connectivity index (χ4v) is 5.49. The zero-order chi connectivity index (χ0) is 30.0. The quantitative estimate of drug-likeness (QED) is 0.281. The number of aryl methyl sites for hydroxylation is 1. The van der Waals surface area contributed by atoms with E-state index in [1.807, 2.05) is 41.8 Å². The number of nitriles is 1. The van der Waals surface area contributed by atoms with Crippen molar-refractivity contribution in [2.24, 2.45) is 0 Å². The number of pyridine rings is 2. The zero-order valence-corrected chi connectivity index (χ0v) is 24.0. The maximum Gasteiger partial charge on any atom is 0.234 e. The Hall–Kier alpha value is -5.74. The third-order valence-corrected chi connectivity index (χ3v) is 7.68. The second-order valence-corrected chi connectivity index (χ2v) is 10.7. The summed E-state index contributed by atoms with van der Waals surface area (Å²) >= 11 is 0. The van der Waals surface area contributed by atoms with Gasteiger partial charge in [-0.2, -0.15) is 15.5 Å². The summed E-state index contributed by atoms with van der Waals surface area (Å²) in [7, 11) is 0. The monoisotopic (exact) mass is 583 g/mol. The normalized spacial score (nSPS) is 14.1.